The summed E-state index contributed by atoms with van der Waals surface area (Å²) in [5.41, 5.74) is 1.01. The molecule has 6 heteroatoms. The van der Waals surface area contributed by atoms with Crippen molar-refractivity contribution in [2.45, 2.75) is 38.6 Å². The zero-order chi connectivity index (χ0) is 17.1. The fourth-order valence-corrected chi connectivity index (χ4v) is 3.17. The summed E-state index contributed by atoms with van der Waals surface area (Å²) < 4.78 is 7.28. The molecule has 0 bridgehead atoms. The zero-order valence-corrected chi connectivity index (χ0v) is 14.5. The number of hydrogen-bond donors (Lipinski definition) is 0. The van der Waals surface area contributed by atoms with Gasteiger partial charge in [-0.2, -0.15) is 0 Å². The minimum absolute atomic E-state index is 0.168. The second kappa shape index (κ2) is 7.03. The maximum absolute atomic E-state index is 12.6. The summed E-state index contributed by atoms with van der Waals surface area (Å²) >= 11 is 0. The molecule has 1 unspecified atom stereocenters. The summed E-state index contributed by atoms with van der Waals surface area (Å²) in [6.45, 7) is 5.74. The molecule has 1 aromatic carbocycles. The number of benzene rings is 1. The van der Waals surface area contributed by atoms with Gasteiger partial charge < -0.3 is 14.2 Å². The average Bonchev–Trinajstić information content (AvgIpc) is 3.24. The zero-order valence-electron chi connectivity index (χ0n) is 14.5. The number of methoxy groups -OCH3 is 1. The number of amides is 1. The fraction of sp³-hybridized carbons (Fsp3) is 0.500. The van der Waals surface area contributed by atoms with E-state index in [9.17, 15) is 4.79 Å². The minimum Gasteiger partial charge on any atom is -0.497 e. The summed E-state index contributed by atoms with van der Waals surface area (Å²) in [6.07, 6.45) is 3.17. The van der Waals surface area contributed by atoms with Crippen molar-refractivity contribution in [3.8, 4) is 5.75 Å². The lowest BCUT2D eigenvalue weighted by Gasteiger charge is -2.18. The van der Waals surface area contributed by atoms with Gasteiger partial charge in [-0.05, 0) is 24.1 Å². The minimum atomic E-state index is 0.168. The monoisotopic (exact) mass is 328 g/mol. The summed E-state index contributed by atoms with van der Waals surface area (Å²) in [5.74, 6) is 2.30. The van der Waals surface area contributed by atoms with Crippen LogP contribution in [-0.2, 0) is 11.2 Å². The number of rotatable bonds is 5. The number of nitrogens with zero attached hydrogens (tertiary/aromatic N) is 4. The molecule has 1 saturated heterocycles. The van der Waals surface area contributed by atoms with Crippen LogP contribution >= 0.6 is 0 Å². The Bertz CT molecular complexity index is 693. The van der Waals surface area contributed by atoms with E-state index in [2.05, 4.69) is 28.6 Å². The molecule has 0 radical (unpaired) electrons. The van der Waals surface area contributed by atoms with Crippen molar-refractivity contribution >= 4 is 5.91 Å². The van der Waals surface area contributed by atoms with E-state index >= 15 is 0 Å². The Balaban J connectivity index is 1.62. The van der Waals surface area contributed by atoms with E-state index in [1.165, 1.54) is 0 Å². The molecule has 0 aliphatic carbocycles. The quantitative estimate of drug-likeness (QED) is 0.846. The molecule has 3 rings (SSSR count). The predicted octanol–water partition coefficient (Wildman–Crippen LogP) is 2.43. The van der Waals surface area contributed by atoms with Crippen LogP contribution in [0.1, 0.15) is 43.6 Å². The normalized spacial score (nSPS) is 17.5. The van der Waals surface area contributed by atoms with E-state index in [1.807, 2.05) is 29.2 Å². The fourth-order valence-electron chi connectivity index (χ4n) is 3.17. The SMILES string of the molecule is COc1ccc(CC(=O)N2CCC(n3cnnc3C(C)C)C2)cc1. The van der Waals surface area contributed by atoms with Crippen LogP contribution in [0.15, 0.2) is 30.6 Å². The molecular weight excluding hydrogens is 304 g/mol. The molecule has 0 spiro atoms. The first-order chi connectivity index (χ1) is 11.6. The van der Waals surface area contributed by atoms with E-state index in [0.717, 1.165) is 36.6 Å². The molecule has 128 valence electrons. The van der Waals surface area contributed by atoms with Crippen LogP contribution in [0.5, 0.6) is 5.75 Å². The summed E-state index contributed by atoms with van der Waals surface area (Å²) in [7, 11) is 1.64. The molecule has 1 amide bonds. The maximum Gasteiger partial charge on any atom is 0.227 e. The van der Waals surface area contributed by atoms with Crippen LogP contribution in [0.3, 0.4) is 0 Å². The van der Waals surface area contributed by atoms with E-state index < -0.39 is 0 Å². The molecule has 0 N–H and O–H groups in total. The van der Waals surface area contributed by atoms with Gasteiger partial charge in [0.15, 0.2) is 0 Å². The van der Waals surface area contributed by atoms with Crippen molar-refractivity contribution < 1.29 is 9.53 Å². The second-order valence-electron chi connectivity index (χ2n) is 6.56. The van der Waals surface area contributed by atoms with Crippen LogP contribution in [0.25, 0.3) is 0 Å². The number of carbonyl (C=O) groups is 1. The van der Waals surface area contributed by atoms with Gasteiger partial charge in [0.1, 0.15) is 17.9 Å². The standard InChI is InChI=1S/C18H24N4O2/c1-13(2)18-20-19-12-22(18)15-8-9-21(11-15)17(23)10-14-4-6-16(24-3)7-5-14/h4-7,12-13,15H,8-11H2,1-3H3. The molecule has 1 fully saturated rings. The molecule has 2 aromatic rings. The van der Waals surface area contributed by atoms with Crippen molar-refractivity contribution in [2.24, 2.45) is 0 Å². The van der Waals surface area contributed by atoms with Crippen molar-refractivity contribution in [1.29, 1.82) is 0 Å². The average molecular weight is 328 g/mol. The number of ether oxygens (including phenoxy) is 1. The van der Waals surface area contributed by atoms with Crippen molar-refractivity contribution in [1.82, 2.24) is 19.7 Å². The Kier molecular flexibility index (Phi) is 4.83. The van der Waals surface area contributed by atoms with Gasteiger partial charge in [0.05, 0.1) is 19.6 Å². The lowest BCUT2D eigenvalue weighted by Crippen LogP contribution is -2.30. The van der Waals surface area contributed by atoms with Gasteiger partial charge in [-0.25, -0.2) is 0 Å². The van der Waals surface area contributed by atoms with Gasteiger partial charge in [-0.3, -0.25) is 4.79 Å². The van der Waals surface area contributed by atoms with Gasteiger partial charge in [0.25, 0.3) is 0 Å². The third-order valence-electron chi connectivity index (χ3n) is 4.54. The molecule has 6 nitrogen and oxygen atoms in total. The smallest absolute Gasteiger partial charge is 0.227 e. The van der Waals surface area contributed by atoms with Crippen LogP contribution < -0.4 is 4.74 Å². The first-order valence-electron chi connectivity index (χ1n) is 8.38. The second-order valence-corrected chi connectivity index (χ2v) is 6.56. The predicted molar refractivity (Wildman–Crippen MR) is 91.0 cm³/mol. The highest BCUT2D eigenvalue weighted by molar-refractivity contribution is 5.79. The molecule has 1 atom stereocenters. The van der Waals surface area contributed by atoms with Crippen LogP contribution in [-0.4, -0.2) is 45.8 Å². The Morgan fingerprint density at radius 3 is 2.75 bits per heavy atom. The first-order valence-corrected chi connectivity index (χ1v) is 8.38. The topological polar surface area (TPSA) is 60.2 Å². The van der Waals surface area contributed by atoms with Crippen LogP contribution in [0.2, 0.25) is 0 Å². The van der Waals surface area contributed by atoms with Crippen LogP contribution in [0, 0.1) is 0 Å². The lowest BCUT2D eigenvalue weighted by atomic mass is 10.1. The molecular formula is C18H24N4O2. The lowest BCUT2D eigenvalue weighted by molar-refractivity contribution is -0.129. The number of carbonyl (C=O) groups excluding carboxylic acids is 1. The van der Waals surface area contributed by atoms with E-state index in [0.29, 0.717) is 12.3 Å². The molecule has 2 heterocycles. The number of hydrogen-bond acceptors (Lipinski definition) is 4. The van der Waals surface area contributed by atoms with Gasteiger partial charge in [-0.15, -0.1) is 10.2 Å². The maximum atomic E-state index is 12.6. The van der Waals surface area contributed by atoms with Crippen molar-refractivity contribution in [2.75, 3.05) is 20.2 Å². The van der Waals surface area contributed by atoms with Crippen molar-refractivity contribution in [3.05, 3.63) is 42.0 Å². The number of likely N-dealkylation sites (tertiary alicyclic amines) is 1. The van der Waals surface area contributed by atoms with Crippen LogP contribution in [0.4, 0.5) is 0 Å². The van der Waals surface area contributed by atoms with Gasteiger partial charge >= 0.3 is 0 Å². The molecule has 0 saturated carbocycles. The van der Waals surface area contributed by atoms with Gasteiger partial charge in [0.2, 0.25) is 5.91 Å². The third-order valence-corrected chi connectivity index (χ3v) is 4.54. The Morgan fingerprint density at radius 2 is 2.08 bits per heavy atom. The Morgan fingerprint density at radius 1 is 1.33 bits per heavy atom. The first kappa shape index (κ1) is 16.5. The summed E-state index contributed by atoms with van der Waals surface area (Å²) in [5, 5.41) is 8.25. The van der Waals surface area contributed by atoms with Gasteiger partial charge in [-0.1, -0.05) is 26.0 Å². The third kappa shape index (κ3) is 3.42. The molecule has 1 aliphatic heterocycles. The summed E-state index contributed by atoms with van der Waals surface area (Å²) in [4.78, 5) is 14.5. The highest BCUT2D eigenvalue weighted by atomic mass is 16.5. The van der Waals surface area contributed by atoms with E-state index in [-0.39, 0.29) is 11.9 Å². The molecule has 1 aliphatic rings. The van der Waals surface area contributed by atoms with Gasteiger partial charge in [0, 0.05) is 19.0 Å². The number of aromatic nitrogens is 3. The van der Waals surface area contributed by atoms with E-state index in [1.54, 1.807) is 13.4 Å². The molecule has 24 heavy (non-hydrogen) atoms. The highest BCUT2D eigenvalue weighted by Gasteiger charge is 2.29. The van der Waals surface area contributed by atoms with E-state index in [4.69, 9.17) is 4.74 Å². The molecule has 1 aromatic heterocycles. The Labute approximate surface area is 142 Å². The summed E-state index contributed by atoms with van der Waals surface area (Å²) in [6, 6.07) is 7.95. The largest absolute Gasteiger partial charge is 0.497 e. The Hall–Kier alpha value is -2.37. The van der Waals surface area contributed by atoms with Crippen molar-refractivity contribution in [3.63, 3.8) is 0 Å². The highest BCUT2D eigenvalue weighted by Crippen LogP contribution is 2.25.